The van der Waals surface area contributed by atoms with Crippen LogP contribution in [0.4, 0.5) is 5.69 Å². The Morgan fingerprint density at radius 3 is 1.96 bits per heavy atom. The minimum absolute atomic E-state index is 0. The molecule has 0 bridgehead atoms. The van der Waals surface area contributed by atoms with Crippen LogP contribution < -0.4 is 9.47 Å². The first-order valence-corrected chi connectivity index (χ1v) is 9.53. The molecule has 0 aliphatic heterocycles. The quantitative estimate of drug-likeness (QED) is 0.364. The zero-order valence-electron chi connectivity index (χ0n) is 16.9. The van der Waals surface area contributed by atoms with Crippen LogP contribution in [-0.4, -0.2) is 36.6 Å². The molecular weight excluding hydrogens is 380 g/mol. The third-order valence-corrected chi connectivity index (χ3v) is 8.05. The fourth-order valence-electron chi connectivity index (χ4n) is 2.86. The van der Waals surface area contributed by atoms with Gasteiger partial charge in [0.1, 0.15) is 11.5 Å². The van der Waals surface area contributed by atoms with Crippen LogP contribution in [0.3, 0.4) is 0 Å². The van der Waals surface area contributed by atoms with Crippen molar-refractivity contribution in [3.8, 4) is 11.5 Å². The summed E-state index contributed by atoms with van der Waals surface area (Å²) in [6, 6.07) is 5.29. The Hall–Kier alpha value is -0.786. The SMILES string of the molecule is COc1ccc([N-]C(=O)C[PH+](C(C)(C)C)C(C)(C)C)c(OC)c1.[CH3-].[Ni+2]. The van der Waals surface area contributed by atoms with Crippen LogP contribution in [0, 0.1) is 7.43 Å². The Kier molecular flexibility index (Phi) is 11.0. The molecule has 0 spiro atoms. The van der Waals surface area contributed by atoms with Crippen molar-refractivity contribution >= 4 is 19.5 Å². The summed E-state index contributed by atoms with van der Waals surface area (Å²) in [5.74, 6) is 1.16. The summed E-state index contributed by atoms with van der Waals surface area (Å²) in [4.78, 5) is 12.5. The minimum atomic E-state index is -0.935. The van der Waals surface area contributed by atoms with E-state index in [0.717, 1.165) is 0 Å². The molecule has 0 saturated heterocycles. The van der Waals surface area contributed by atoms with Crippen molar-refractivity contribution in [1.82, 2.24) is 0 Å². The maximum Gasteiger partial charge on any atom is 2.00 e. The fourth-order valence-corrected chi connectivity index (χ4v) is 6.55. The zero-order valence-corrected chi connectivity index (χ0v) is 18.9. The summed E-state index contributed by atoms with van der Waals surface area (Å²) in [7, 11) is 2.23. The third kappa shape index (κ3) is 7.97. The smallest absolute Gasteiger partial charge is 0.621 e. The van der Waals surface area contributed by atoms with E-state index in [1.807, 2.05) is 0 Å². The Morgan fingerprint density at radius 1 is 1.04 bits per heavy atom. The number of carbonyl (C=O) groups is 1. The van der Waals surface area contributed by atoms with E-state index < -0.39 is 7.92 Å². The molecule has 0 radical (unpaired) electrons. The molecule has 146 valence electrons. The number of carbonyl (C=O) groups excluding carboxylic acids is 1. The van der Waals surface area contributed by atoms with Gasteiger partial charge in [-0.1, -0.05) is 11.8 Å². The van der Waals surface area contributed by atoms with Crippen LogP contribution in [0.15, 0.2) is 18.2 Å². The molecule has 0 heterocycles. The molecule has 6 heteroatoms. The number of methoxy groups -OCH3 is 2. The van der Waals surface area contributed by atoms with Crippen molar-refractivity contribution in [2.45, 2.75) is 51.9 Å². The van der Waals surface area contributed by atoms with E-state index in [4.69, 9.17) is 9.47 Å². The van der Waals surface area contributed by atoms with Gasteiger partial charge >= 0.3 is 16.5 Å². The van der Waals surface area contributed by atoms with Crippen molar-refractivity contribution in [2.24, 2.45) is 0 Å². The van der Waals surface area contributed by atoms with E-state index in [0.29, 0.717) is 23.3 Å². The zero-order chi connectivity index (χ0) is 17.8. The van der Waals surface area contributed by atoms with Crippen LogP contribution in [0.25, 0.3) is 5.32 Å². The van der Waals surface area contributed by atoms with E-state index in [9.17, 15) is 4.79 Å². The first-order valence-electron chi connectivity index (χ1n) is 7.82. The summed E-state index contributed by atoms with van der Waals surface area (Å²) in [5.41, 5.74) is 0.558. The Balaban J connectivity index is 0. The number of benzene rings is 1. The molecule has 1 amide bonds. The molecule has 0 fully saturated rings. The van der Waals surface area contributed by atoms with Crippen molar-refractivity contribution in [3.63, 3.8) is 0 Å². The topological polar surface area (TPSA) is 49.6 Å². The molecule has 0 aliphatic carbocycles. The molecular formula is C19H33NNiO3P+. The molecule has 1 aromatic rings. The maximum absolute atomic E-state index is 12.5. The van der Waals surface area contributed by atoms with Gasteiger partial charge in [0, 0.05) is 14.0 Å². The van der Waals surface area contributed by atoms with Crippen molar-refractivity contribution in [2.75, 3.05) is 20.4 Å². The van der Waals surface area contributed by atoms with Crippen LogP contribution >= 0.6 is 7.92 Å². The summed E-state index contributed by atoms with van der Waals surface area (Å²) in [6.45, 7) is 13.3. The van der Waals surface area contributed by atoms with E-state index in [1.165, 1.54) is 0 Å². The van der Waals surface area contributed by atoms with Gasteiger partial charge in [0.15, 0.2) is 0 Å². The van der Waals surface area contributed by atoms with Gasteiger partial charge in [0.25, 0.3) is 0 Å². The van der Waals surface area contributed by atoms with Crippen molar-refractivity contribution in [1.29, 1.82) is 0 Å². The number of amides is 1. The number of nitrogens with zero attached hydrogens (tertiary/aromatic N) is 1. The number of ether oxygens (including phenoxy) is 2. The van der Waals surface area contributed by atoms with Crippen LogP contribution in [0.5, 0.6) is 11.5 Å². The van der Waals surface area contributed by atoms with Crippen molar-refractivity contribution in [3.05, 3.63) is 30.9 Å². The normalized spacial score (nSPS) is 11.2. The summed E-state index contributed by atoms with van der Waals surface area (Å²) < 4.78 is 10.5. The molecule has 1 aromatic carbocycles. The van der Waals surface area contributed by atoms with Gasteiger partial charge in [-0.3, -0.25) is 0 Å². The minimum Gasteiger partial charge on any atom is -0.621 e. The standard InChI is InChI=1S/C18H30NO3P.CH3.Ni/c1-17(2,3)23(18(4,5)6)12-16(20)19-14-10-9-13(21-7)11-15(14)22-8;;/h9-11H,12H2,1-8H3,(H,19,20);1H3;/q;-1;+2. The molecule has 0 aromatic heterocycles. The van der Waals surface area contributed by atoms with E-state index >= 15 is 0 Å². The summed E-state index contributed by atoms with van der Waals surface area (Å²) in [6.07, 6.45) is 0.521. The van der Waals surface area contributed by atoms with Gasteiger partial charge in [-0.05, 0) is 47.6 Å². The predicted octanol–water partition coefficient (Wildman–Crippen LogP) is 5.49. The number of hydrogen-bond acceptors (Lipinski definition) is 3. The number of hydrogen-bond donors (Lipinski definition) is 0. The van der Waals surface area contributed by atoms with Crippen molar-refractivity contribution < 1.29 is 30.8 Å². The molecule has 0 aliphatic rings. The Bertz CT molecular complexity index is 537. The van der Waals surface area contributed by atoms with Gasteiger partial charge in [0.05, 0.1) is 36.6 Å². The van der Waals surface area contributed by atoms with E-state index in [2.05, 4.69) is 46.9 Å². The number of rotatable bonds is 5. The van der Waals surface area contributed by atoms with Gasteiger partial charge in [-0.2, -0.15) is 0 Å². The second-order valence-electron chi connectivity index (χ2n) is 7.70. The average molecular weight is 413 g/mol. The van der Waals surface area contributed by atoms with Gasteiger partial charge in [0.2, 0.25) is 0 Å². The van der Waals surface area contributed by atoms with E-state index in [1.54, 1.807) is 32.4 Å². The monoisotopic (exact) mass is 412 g/mol. The van der Waals surface area contributed by atoms with Gasteiger partial charge in [-0.15, -0.1) is 0 Å². The molecule has 0 atom stereocenters. The molecule has 4 nitrogen and oxygen atoms in total. The van der Waals surface area contributed by atoms with E-state index in [-0.39, 0.29) is 40.1 Å². The Morgan fingerprint density at radius 2 is 1.56 bits per heavy atom. The first-order chi connectivity index (χ1) is 10.5. The summed E-state index contributed by atoms with van der Waals surface area (Å²) in [5, 5.41) is 4.55. The van der Waals surface area contributed by atoms with Gasteiger partial charge in [-0.25, -0.2) is 0 Å². The van der Waals surface area contributed by atoms with Gasteiger partial charge < -0.3 is 27.0 Å². The summed E-state index contributed by atoms with van der Waals surface area (Å²) >= 11 is 0. The second kappa shape index (κ2) is 10.4. The fraction of sp³-hybridized carbons (Fsp3) is 0.579. The second-order valence-corrected chi connectivity index (χ2v) is 12.0. The predicted molar refractivity (Wildman–Crippen MR) is 107 cm³/mol. The van der Waals surface area contributed by atoms with Crippen LogP contribution in [-0.2, 0) is 21.3 Å². The molecule has 0 unspecified atom stereocenters. The van der Waals surface area contributed by atoms with Crippen LogP contribution in [0.1, 0.15) is 41.5 Å². The Labute approximate surface area is 165 Å². The molecule has 25 heavy (non-hydrogen) atoms. The molecule has 0 N–H and O–H groups in total. The van der Waals surface area contributed by atoms with Crippen LogP contribution in [0.2, 0.25) is 0 Å². The molecule has 1 rings (SSSR count). The maximum atomic E-state index is 12.5. The first kappa shape index (κ1) is 26.4. The average Bonchev–Trinajstić information content (AvgIpc) is 2.42. The molecule has 0 saturated carbocycles. The largest absolute Gasteiger partial charge is 2.00 e. The third-order valence-electron chi connectivity index (χ3n) is 3.77.